The predicted octanol–water partition coefficient (Wildman–Crippen LogP) is 3.39. The zero-order valence-electron chi connectivity index (χ0n) is 18.0. The molecule has 2 saturated heterocycles. The van der Waals surface area contributed by atoms with E-state index in [4.69, 9.17) is 0 Å². The minimum absolute atomic E-state index is 0.333. The van der Waals surface area contributed by atoms with Gasteiger partial charge in [0, 0.05) is 24.5 Å². The quantitative estimate of drug-likeness (QED) is 0.727. The molecule has 0 unspecified atom stereocenters. The highest BCUT2D eigenvalue weighted by molar-refractivity contribution is 6.10. The van der Waals surface area contributed by atoms with Gasteiger partial charge in [-0.1, -0.05) is 29.8 Å². The second-order valence-electron chi connectivity index (χ2n) is 8.46. The number of aryl methyl sites for hydroxylation is 1. The molecule has 4 amide bonds. The van der Waals surface area contributed by atoms with Gasteiger partial charge in [0.2, 0.25) is 5.91 Å². The van der Waals surface area contributed by atoms with Crippen molar-refractivity contribution in [1.29, 1.82) is 0 Å². The first kappa shape index (κ1) is 20.9. The van der Waals surface area contributed by atoms with Crippen molar-refractivity contribution in [3.05, 3.63) is 59.7 Å². The van der Waals surface area contributed by atoms with E-state index in [-0.39, 0.29) is 6.54 Å². The molecule has 2 fully saturated rings. The molecule has 31 heavy (non-hydrogen) atoms. The fraction of sp³-hybridized carbons (Fsp3) is 0.375. The van der Waals surface area contributed by atoms with Crippen LogP contribution in [0.25, 0.3) is 0 Å². The van der Waals surface area contributed by atoms with Crippen LogP contribution in [0.4, 0.5) is 16.2 Å². The molecule has 0 aromatic heterocycles. The van der Waals surface area contributed by atoms with Crippen molar-refractivity contribution in [2.75, 3.05) is 29.9 Å². The lowest BCUT2D eigenvalue weighted by Gasteiger charge is -2.28. The van der Waals surface area contributed by atoms with E-state index in [9.17, 15) is 14.4 Å². The molecule has 2 aromatic carbocycles. The van der Waals surface area contributed by atoms with Gasteiger partial charge in [0.1, 0.15) is 12.1 Å². The van der Waals surface area contributed by atoms with E-state index in [0.29, 0.717) is 11.3 Å². The van der Waals surface area contributed by atoms with Gasteiger partial charge >= 0.3 is 6.03 Å². The highest BCUT2D eigenvalue weighted by atomic mass is 16.2. The first-order valence-electron chi connectivity index (χ1n) is 10.7. The summed E-state index contributed by atoms with van der Waals surface area (Å²) in [6, 6.07) is 14.5. The Balaban J connectivity index is 1.39. The second-order valence-corrected chi connectivity index (χ2v) is 8.46. The molecule has 0 spiro atoms. The normalized spacial score (nSPS) is 21.2. The number of carbonyl (C=O) groups excluding carboxylic acids is 3. The molecule has 162 valence electrons. The molecule has 2 aliphatic rings. The molecule has 0 radical (unpaired) electrons. The van der Waals surface area contributed by atoms with Crippen molar-refractivity contribution < 1.29 is 14.4 Å². The van der Waals surface area contributed by atoms with Crippen molar-refractivity contribution in [2.45, 2.75) is 38.6 Å². The summed E-state index contributed by atoms with van der Waals surface area (Å²) in [4.78, 5) is 41.3. The van der Waals surface area contributed by atoms with Gasteiger partial charge in [-0.3, -0.25) is 14.5 Å². The SMILES string of the molecule is Cc1ccc([C@]2(C)NC(=O)N(CC(=O)Nc3ccc(N4CCCCC4)cc3)C2=O)cc1. The zero-order valence-corrected chi connectivity index (χ0v) is 18.0. The topological polar surface area (TPSA) is 81.8 Å². The van der Waals surface area contributed by atoms with E-state index in [2.05, 4.69) is 15.5 Å². The number of hydrogen-bond donors (Lipinski definition) is 2. The van der Waals surface area contributed by atoms with E-state index < -0.39 is 23.4 Å². The van der Waals surface area contributed by atoms with Crippen LogP contribution in [-0.2, 0) is 15.1 Å². The summed E-state index contributed by atoms with van der Waals surface area (Å²) in [5.41, 5.74) is 2.35. The Morgan fingerprint density at radius 3 is 2.29 bits per heavy atom. The Hall–Kier alpha value is -3.35. The molecule has 2 aromatic rings. The predicted molar refractivity (Wildman–Crippen MR) is 120 cm³/mol. The fourth-order valence-corrected chi connectivity index (χ4v) is 4.17. The Bertz CT molecular complexity index is 981. The zero-order chi connectivity index (χ0) is 22.0. The largest absolute Gasteiger partial charge is 0.372 e. The van der Waals surface area contributed by atoms with Crippen LogP contribution >= 0.6 is 0 Å². The minimum Gasteiger partial charge on any atom is -0.372 e. The molecular weight excluding hydrogens is 392 g/mol. The molecule has 7 nitrogen and oxygen atoms in total. The van der Waals surface area contributed by atoms with Gasteiger partial charge in [-0.25, -0.2) is 4.79 Å². The lowest BCUT2D eigenvalue weighted by molar-refractivity contribution is -0.133. The number of benzene rings is 2. The number of hydrogen-bond acceptors (Lipinski definition) is 4. The maximum absolute atomic E-state index is 13.0. The van der Waals surface area contributed by atoms with E-state index >= 15 is 0 Å². The summed E-state index contributed by atoms with van der Waals surface area (Å²) in [6.45, 7) is 5.39. The molecule has 0 aliphatic carbocycles. The number of carbonyl (C=O) groups is 3. The maximum Gasteiger partial charge on any atom is 0.325 e. The molecular formula is C24H28N4O3. The van der Waals surface area contributed by atoms with E-state index in [0.717, 1.165) is 29.2 Å². The van der Waals surface area contributed by atoms with Gasteiger partial charge in [-0.05, 0) is 62.9 Å². The number of nitrogens with one attached hydrogen (secondary N) is 2. The number of nitrogens with zero attached hydrogens (tertiary/aromatic N) is 2. The van der Waals surface area contributed by atoms with E-state index in [1.807, 2.05) is 55.5 Å². The van der Waals surface area contributed by atoms with Crippen molar-refractivity contribution in [2.24, 2.45) is 0 Å². The van der Waals surface area contributed by atoms with Gasteiger partial charge in [0.05, 0.1) is 0 Å². The fourth-order valence-electron chi connectivity index (χ4n) is 4.17. The highest BCUT2D eigenvalue weighted by Crippen LogP contribution is 2.29. The highest BCUT2D eigenvalue weighted by Gasteiger charge is 2.49. The number of piperidine rings is 1. The number of rotatable bonds is 5. The summed E-state index contributed by atoms with van der Waals surface area (Å²) >= 11 is 0. The smallest absolute Gasteiger partial charge is 0.325 e. The Morgan fingerprint density at radius 1 is 1.00 bits per heavy atom. The van der Waals surface area contributed by atoms with Crippen LogP contribution in [-0.4, -0.2) is 42.4 Å². The monoisotopic (exact) mass is 420 g/mol. The van der Waals surface area contributed by atoms with Gasteiger partial charge in [0.15, 0.2) is 0 Å². The molecule has 0 bridgehead atoms. The van der Waals surface area contributed by atoms with Crippen LogP contribution in [0.3, 0.4) is 0 Å². The summed E-state index contributed by atoms with van der Waals surface area (Å²) < 4.78 is 0. The van der Waals surface area contributed by atoms with Crippen LogP contribution in [0, 0.1) is 6.92 Å². The summed E-state index contributed by atoms with van der Waals surface area (Å²) in [5, 5.41) is 5.51. The standard InChI is InChI=1S/C24H28N4O3/c1-17-6-8-18(9-7-17)24(2)22(30)28(23(31)26-24)16-21(29)25-19-10-12-20(13-11-19)27-14-4-3-5-15-27/h6-13H,3-5,14-16H2,1-2H3,(H,25,29)(H,26,31)/t24-/m0/s1. The van der Waals surface area contributed by atoms with Gasteiger partial charge in [0.25, 0.3) is 5.91 Å². The minimum atomic E-state index is -1.18. The third-order valence-electron chi connectivity index (χ3n) is 6.08. The Kier molecular flexibility index (Phi) is 5.67. The first-order valence-corrected chi connectivity index (χ1v) is 10.7. The van der Waals surface area contributed by atoms with Crippen molar-refractivity contribution in [1.82, 2.24) is 10.2 Å². The number of anilines is 2. The molecule has 7 heteroatoms. The molecule has 1 atom stereocenters. The van der Waals surface area contributed by atoms with Gasteiger partial charge < -0.3 is 15.5 Å². The van der Waals surface area contributed by atoms with Crippen LogP contribution in [0.1, 0.15) is 37.3 Å². The van der Waals surface area contributed by atoms with Gasteiger partial charge in [-0.2, -0.15) is 0 Å². The van der Waals surface area contributed by atoms with Crippen molar-refractivity contribution in [3.63, 3.8) is 0 Å². The van der Waals surface area contributed by atoms with E-state index in [1.54, 1.807) is 6.92 Å². The lowest BCUT2D eigenvalue weighted by Crippen LogP contribution is -2.42. The van der Waals surface area contributed by atoms with Crippen molar-refractivity contribution in [3.8, 4) is 0 Å². The van der Waals surface area contributed by atoms with Crippen LogP contribution in [0.15, 0.2) is 48.5 Å². The average Bonchev–Trinajstić information content (AvgIpc) is 2.99. The van der Waals surface area contributed by atoms with Crippen molar-refractivity contribution >= 4 is 29.2 Å². The molecule has 2 N–H and O–H groups in total. The average molecular weight is 421 g/mol. The molecule has 2 aliphatic heterocycles. The number of urea groups is 1. The third-order valence-corrected chi connectivity index (χ3v) is 6.08. The van der Waals surface area contributed by atoms with Crippen LogP contribution < -0.4 is 15.5 Å². The molecule has 4 rings (SSSR count). The number of amides is 4. The molecule has 2 heterocycles. The summed E-state index contributed by atoms with van der Waals surface area (Å²) in [5.74, 6) is -0.848. The number of imide groups is 1. The van der Waals surface area contributed by atoms with Gasteiger partial charge in [-0.15, -0.1) is 0 Å². The Labute approximate surface area is 182 Å². The first-order chi connectivity index (χ1) is 14.9. The Morgan fingerprint density at radius 2 is 1.65 bits per heavy atom. The van der Waals surface area contributed by atoms with Crippen LogP contribution in [0.2, 0.25) is 0 Å². The molecule has 0 saturated carbocycles. The third kappa shape index (κ3) is 4.26. The maximum atomic E-state index is 13.0. The summed E-state index contributed by atoms with van der Waals surface area (Å²) in [7, 11) is 0. The lowest BCUT2D eigenvalue weighted by atomic mass is 9.91. The van der Waals surface area contributed by atoms with Crippen LogP contribution in [0.5, 0.6) is 0 Å². The second kappa shape index (κ2) is 8.41. The van der Waals surface area contributed by atoms with E-state index in [1.165, 1.54) is 19.3 Å². The summed E-state index contributed by atoms with van der Waals surface area (Å²) in [6.07, 6.45) is 3.67.